The number of esters is 1. The molecule has 0 aliphatic carbocycles. The van der Waals surface area contributed by atoms with Crippen LogP contribution in [0.25, 0.3) is 22.9 Å². The zero-order chi connectivity index (χ0) is 26.5. The zero-order valence-corrected chi connectivity index (χ0v) is 19.8. The van der Waals surface area contributed by atoms with Crippen LogP contribution in [0.2, 0.25) is 0 Å². The van der Waals surface area contributed by atoms with Crippen molar-refractivity contribution in [1.29, 1.82) is 0 Å². The maximum absolute atomic E-state index is 13.3. The van der Waals surface area contributed by atoms with E-state index in [1.54, 1.807) is 48.5 Å². The molecule has 0 aliphatic rings. The van der Waals surface area contributed by atoms with Crippen LogP contribution in [0.15, 0.2) is 114 Å². The highest BCUT2D eigenvalue weighted by molar-refractivity contribution is 6.02. The molecule has 1 heterocycles. The number of carbonyl (C=O) groups is 2. The Hall–Kier alpha value is -5.44. The highest BCUT2D eigenvalue weighted by Gasteiger charge is 2.27. The first kappa shape index (κ1) is 24.3. The summed E-state index contributed by atoms with van der Waals surface area (Å²) in [5.74, 6) is -0.679. The van der Waals surface area contributed by atoms with Gasteiger partial charge in [0.05, 0.1) is 10.5 Å². The standard InChI is InChI=1S/C29H19N3O6/c33-25(19-8-3-1-4-9-19)26(20-14-16-24(17-15-20)32(35)36)37-29(34)23-13-7-12-22(18-23)28-31-30-27(38-28)21-10-5-2-6-11-21/h1-18,26H/t26-/m0/s1. The number of aromatic nitrogens is 2. The van der Waals surface area contributed by atoms with Gasteiger partial charge in [0.25, 0.3) is 5.69 Å². The molecule has 9 nitrogen and oxygen atoms in total. The Bertz CT molecular complexity index is 1600. The van der Waals surface area contributed by atoms with Gasteiger partial charge in [-0.2, -0.15) is 0 Å². The van der Waals surface area contributed by atoms with Gasteiger partial charge in [-0.15, -0.1) is 10.2 Å². The molecule has 5 rings (SSSR count). The molecule has 0 saturated heterocycles. The minimum atomic E-state index is -1.32. The number of ketones is 1. The van der Waals surface area contributed by atoms with E-state index in [-0.39, 0.29) is 17.1 Å². The largest absolute Gasteiger partial charge is 0.445 e. The Morgan fingerprint density at radius 3 is 1.97 bits per heavy atom. The van der Waals surface area contributed by atoms with E-state index in [0.29, 0.717) is 22.6 Å². The molecule has 1 aromatic heterocycles. The van der Waals surface area contributed by atoms with Gasteiger partial charge in [-0.05, 0) is 42.5 Å². The van der Waals surface area contributed by atoms with E-state index in [0.717, 1.165) is 5.56 Å². The molecular formula is C29H19N3O6. The lowest BCUT2D eigenvalue weighted by Gasteiger charge is -2.17. The fraction of sp³-hybridized carbons (Fsp3) is 0.0345. The van der Waals surface area contributed by atoms with Crippen LogP contribution in [0.4, 0.5) is 5.69 Å². The number of Topliss-reactive ketones (excluding diaryl/α,β-unsaturated/α-hetero) is 1. The number of hydrogen-bond donors (Lipinski definition) is 0. The van der Waals surface area contributed by atoms with Crippen LogP contribution < -0.4 is 0 Å². The number of carbonyl (C=O) groups excluding carboxylic acids is 2. The van der Waals surface area contributed by atoms with Crippen LogP contribution in [0.3, 0.4) is 0 Å². The van der Waals surface area contributed by atoms with Crippen molar-refractivity contribution in [2.45, 2.75) is 6.10 Å². The van der Waals surface area contributed by atoms with E-state index < -0.39 is 22.8 Å². The summed E-state index contributed by atoms with van der Waals surface area (Å²) in [7, 11) is 0. The normalized spacial score (nSPS) is 11.5. The van der Waals surface area contributed by atoms with Gasteiger partial charge in [0.15, 0.2) is 6.10 Å². The third kappa shape index (κ3) is 5.21. The van der Waals surface area contributed by atoms with Crippen molar-refractivity contribution < 1.29 is 23.7 Å². The second-order valence-electron chi connectivity index (χ2n) is 8.22. The second-order valence-corrected chi connectivity index (χ2v) is 8.22. The number of hydrogen-bond acceptors (Lipinski definition) is 8. The summed E-state index contributed by atoms with van der Waals surface area (Å²) >= 11 is 0. The molecule has 0 bridgehead atoms. The molecular weight excluding hydrogens is 486 g/mol. The van der Waals surface area contributed by atoms with Crippen molar-refractivity contribution in [3.63, 3.8) is 0 Å². The summed E-state index contributed by atoms with van der Waals surface area (Å²) in [4.78, 5) is 37.0. The van der Waals surface area contributed by atoms with Gasteiger partial charge < -0.3 is 9.15 Å². The summed E-state index contributed by atoms with van der Waals surface area (Å²) in [6, 6.07) is 29.4. The lowest BCUT2D eigenvalue weighted by Crippen LogP contribution is -2.20. The topological polar surface area (TPSA) is 125 Å². The smallest absolute Gasteiger partial charge is 0.339 e. The molecule has 0 spiro atoms. The monoisotopic (exact) mass is 505 g/mol. The van der Waals surface area contributed by atoms with Crippen LogP contribution in [-0.2, 0) is 4.74 Å². The summed E-state index contributed by atoms with van der Waals surface area (Å²) in [5, 5.41) is 19.2. The maximum atomic E-state index is 13.3. The molecule has 0 fully saturated rings. The van der Waals surface area contributed by atoms with E-state index in [2.05, 4.69) is 10.2 Å². The van der Waals surface area contributed by atoms with Gasteiger partial charge in [0.1, 0.15) is 0 Å². The van der Waals surface area contributed by atoms with E-state index in [1.165, 1.54) is 30.3 Å². The van der Waals surface area contributed by atoms with Gasteiger partial charge in [-0.25, -0.2) is 4.79 Å². The fourth-order valence-electron chi connectivity index (χ4n) is 3.79. The molecule has 0 unspecified atom stereocenters. The van der Waals surface area contributed by atoms with Crippen molar-refractivity contribution in [2.24, 2.45) is 0 Å². The number of benzene rings is 4. The van der Waals surface area contributed by atoms with E-state index >= 15 is 0 Å². The van der Waals surface area contributed by atoms with Gasteiger partial charge in [0.2, 0.25) is 17.6 Å². The van der Waals surface area contributed by atoms with Crippen LogP contribution in [0, 0.1) is 10.1 Å². The summed E-state index contributed by atoms with van der Waals surface area (Å²) in [6.07, 6.45) is -1.32. The molecule has 0 saturated carbocycles. The van der Waals surface area contributed by atoms with Crippen LogP contribution in [0.5, 0.6) is 0 Å². The van der Waals surface area contributed by atoms with Crippen LogP contribution >= 0.6 is 0 Å². The second kappa shape index (κ2) is 10.7. The average molecular weight is 505 g/mol. The number of nitro groups is 1. The Balaban J connectivity index is 1.42. The average Bonchev–Trinajstić information content (AvgIpc) is 3.47. The Kier molecular flexibility index (Phi) is 6.81. The van der Waals surface area contributed by atoms with E-state index in [4.69, 9.17) is 9.15 Å². The highest BCUT2D eigenvalue weighted by atomic mass is 16.6. The van der Waals surface area contributed by atoms with Gasteiger partial charge in [-0.1, -0.05) is 54.6 Å². The molecule has 4 aromatic carbocycles. The molecule has 0 amide bonds. The van der Waals surface area contributed by atoms with Crippen molar-refractivity contribution in [1.82, 2.24) is 10.2 Å². The van der Waals surface area contributed by atoms with Crippen molar-refractivity contribution in [3.05, 3.63) is 136 Å². The summed E-state index contributed by atoms with van der Waals surface area (Å²) in [6.45, 7) is 0. The van der Waals surface area contributed by atoms with Gasteiger partial charge >= 0.3 is 5.97 Å². The molecule has 1 atom stereocenters. The molecule has 0 radical (unpaired) electrons. The van der Waals surface area contributed by atoms with Crippen molar-refractivity contribution in [2.75, 3.05) is 0 Å². The van der Waals surface area contributed by atoms with Gasteiger partial charge in [0, 0.05) is 34.4 Å². The summed E-state index contributed by atoms with van der Waals surface area (Å²) in [5.41, 5.74) is 1.90. The number of non-ortho nitro benzene ring substituents is 1. The van der Waals surface area contributed by atoms with E-state index in [1.807, 2.05) is 30.3 Å². The first-order valence-electron chi connectivity index (χ1n) is 11.5. The Labute approximate surface area is 216 Å². The van der Waals surface area contributed by atoms with Crippen LogP contribution in [-0.4, -0.2) is 26.9 Å². The molecule has 38 heavy (non-hydrogen) atoms. The maximum Gasteiger partial charge on any atom is 0.339 e. The SMILES string of the molecule is O=C(O[C@H](C(=O)c1ccccc1)c1ccc([N+](=O)[O-])cc1)c1cccc(-c2nnc(-c3ccccc3)o2)c1. The number of nitro benzene ring substituents is 1. The predicted octanol–water partition coefficient (Wildman–Crippen LogP) is 6.09. The number of nitrogens with zero attached hydrogens (tertiary/aromatic N) is 3. The lowest BCUT2D eigenvalue weighted by atomic mass is 9.99. The fourth-order valence-corrected chi connectivity index (χ4v) is 3.79. The van der Waals surface area contributed by atoms with Crippen molar-refractivity contribution >= 4 is 17.4 Å². The lowest BCUT2D eigenvalue weighted by molar-refractivity contribution is -0.384. The highest BCUT2D eigenvalue weighted by Crippen LogP contribution is 2.28. The minimum Gasteiger partial charge on any atom is -0.445 e. The first-order valence-corrected chi connectivity index (χ1v) is 11.5. The molecule has 0 N–H and O–H groups in total. The number of rotatable bonds is 8. The van der Waals surface area contributed by atoms with Gasteiger partial charge in [-0.3, -0.25) is 14.9 Å². The van der Waals surface area contributed by atoms with Crippen LogP contribution in [0.1, 0.15) is 32.4 Å². The first-order chi connectivity index (χ1) is 18.5. The minimum absolute atomic E-state index is 0.145. The Morgan fingerprint density at radius 2 is 1.32 bits per heavy atom. The zero-order valence-electron chi connectivity index (χ0n) is 19.8. The Morgan fingerprint density at radius 1 is 0.737 bits per heavy atom. The quantitative estimate of drug-likeness (QED) is 0.107. The molecule has 186 valence electrons. The predicted molar refractivity (Wildman–Crippen MR) is 137 cm³/mol. The molecule has 0 aliphatic heterocycles. The molecule has 5 aromatic rings. The number of ether oxygens (including phenoxy) is 1. The summed E-state index contributed by atoms with van der Waals surface area (Å²) < 4.78 is 11.5. The third-order valence-corrected chi connectivity index (χ3v) is 5.72. The third-order valence-electron chi connectivity index (χ3n) is 5.72. The van der Waals surface area contributed by atoms with E-state index in [9.17, 15) is 19.7 Å². The molecule has 9 heteroatoms. The van der Waals surface area contributed by atoms with Crippen molar-refractivity contribution in [3.8, 4) is 22.9 Å².